The number of hydrogen-bond acceptors (Lipinski definition) is 3. The van der Waals surface area contributed by atoms with E-state index in [1.165, 1.54) is 5.56 Å². The molecular weight excluding hydrogens is 290 g/mol. The van der Waals surface area contributed by atoms with Crippen LogP contribution in [-0.4, -0.2) is 19.1 Å². The highest BCUT2D eigenvalue weighted by molar-refractivity contribution is 5.81. The Hall–Kier alpha value is -2.49. The molecule has 1 amide bonds. The molecule has 0 aliphatic rings. The number of hydrogen-bond donors (Lipinski definition) is 1. The van der Waals surface area contributed by atoms with Gasteiger partial charge in [-0.05, 0) is 38.5 Å². The van der Waals surface area contributed by atoms with Gasteiger partial charge in [-0.3, -0.25) is 4.79 Å². The molecule has 0 aromatic heterocycles. The maximum atomic E-state index is 12.3. The third-order valence-corrected chi connectivity index (χ3v) is 3.68. The number of amides is 1. The topological polar surface area (TPSA) is 47.6 Å². The van der Waals surface area contributed by atoms with E-state index >= 15 is 0 Å². The van der Waals surface area contributed by atoms with Crippen molar-refractivity contribution in [1.82, 2.24) is 5.32 Å². The molecule has 122 valence electrons. The van der Waals surface area contributed by atoms with E-state index in [4.69, 9.17) is 9.47 Å². The first-order valence-corrected chi connectivity index (χ1v) is 7.68. The minimum atomic E-state index is -0.612. The lowest BCUT2D eigenvalue weighted by molar-refractivity contribution is -0.127. The van der Waals surface area contributed by atoms with Gasteiger partial charge in [-0.15, -0.1) is 0 Å². The molecule has 2 atom stereocenters. The van der Waals surface area contributed by atoms with Crippen molar-refractivity contribution in [2.75, 3.05) is 7.11 Å². The number of rotatable bonds is 6. The van der Waals surface area contributed by atoms with Crippen molar-refractivity contribution >= 4 is 5.91 Å². The second-order valence-electron chi connectivity index (χ2n) is 5.55. The Kier molecular flexibility index (Phi) is 5.63. The lowest BCUT2D eigenvalue weighted by atomic mass is 10.1. The van der Waals surface area contributed by atoms with E-state index < -0.39 is 6.10 Å². The van der Waals surface area contributed by atoms with Crippen molar-refractivity contribution in [3.63, 3.8) is 0 Å². The Morgan fingerprint density at radius 1 is 1.00 bits per heavy atom. The lowest BCUT2D eigenvalue weighted by Crippen LogP contribution is -2.37. The first-order valence-electron chi connectivity index (χ1n) is 7.68. The number of methoxy groups -OCH3 is 1. The van der Waals surface area contributed by atoms with Crippen LogP contribution in [-0.2, 0) is 4.79 Å². The number of aryl methyl sites for hydroxylation is 1. The molecule has 0 radical (unpaired) electrons. The summed E-state index contributed by atoms with van der Waals surface area (Å²) in [5.41, 5.74) is 2.26. The summed E-state index contributed by atoms with van der Waals surface area (Å²) in [6.07, 6.45) is -0.612. The van der Waals surface area contributed by atoms with Crippen molar-refractivity contribution in [3.05, 3.63) is 59.7 Å². The highest BCUT2D eigenvalue weighted by atomic mass is 16.5. The van der Waals surface area contributed by atoms with E-state index in [-0.39, 0.29) is 11.9 Å². The molecule has 0 bridgehead atoms. The first kappa shape index (κ1) is 16.9. The van der Waals surface area contributed by atoms with E-state index in [1.54, 1.807) is 26.2 Å². The molecular formula is C19H23NO3. The van der Waals surface area contributed by atoms with Crippen LogP contribution in [0.3, 0.4) is 0 Å². The van der Waals surface area contributed by atoms with Crippen LogP contribution in [0.4, 0.5) is 0 Å². The molecule has 0 aliphatic heterocycles. The molecule has 0 fully saturated rings. The molecule has 2 aromatic carbocycles. The maximum absolute atomic E-state index is 12.3. The van der Waals surface area contributed by atoms with Gasteiger partial charge in [-0.2, -0.15) is 0 Å². The molecule has 1 N–H and O–H groups in total. The summed E-state index contributed by atoms with van der Waals surface area (Å²) < 4.78 is 10.9. The molecule has 0 saturated carbocycles. The fourth-order valence-corrected chi connectivity index (χ4v) is 2.23. The standard InChI is InChI=1S/C19H23NO3/c1-13-9-11-16(12-10-13)14(2)20-19(21)15(3)23-18-8-6-5-7-17(18)22-4/h5-12,14-15H,1-4H3,(H,20,21)/t14-,15+/m1/s1. The summed E-state index contributed by atoms with van der Waals surface area (Å²) >= 11 is 0. The molecule has 0 unspecified atom stereocenters. The molecule has 2 rings (SSSR count). The van der Waals surface area contributed by atoms with Gasteiger partial charge in [0.1, 0.15) is 0 Å². The number of carbonyl (C=O) groups is 1. The lowest BCUT2D eigenvalue weighted by Gasteiger charge is -2.20. The fraction of sp³-hybridized carbons (Fsp3) is 0.316. The number of carbonyl (C=O) groups excluding carboxylic acids is 1. The molecule has 0 aliphatic carbocycles. The number of benzene rings is 2. The number of para-hydroxylation sites is 2. The summed E-state index contributed by atoms with van der Waals surface area (Å²) in [6.45, 7) is 5.72. The van der Waals surface area contributed by atoms with Gasteiger partial charge < -0.3 is 14.8 Å². The van der Waals surface area contributed by atoms with Crippen LogP contribution in [0.5, 0.6) is 11.5 Å². The predicted octanol–water partition coefficient (Wildman–Crippen LogP) is 3.65. The second kappa shape index (κ2) is 7.68. The predicted molar refractivity (Wildman–Crippen MR) is 90.8 cm³/mol. The quantitative estimate of drug-likeness (QED) is 0.885. The average Bonchev–Trinajstić information content (AvgIpc) is 2.55. The largest absolute Gasteiger partial charge is 0.493 e. The maximum Gasteiger partial charge on any atom is 0.261 e. The Labute approximate surface area is 137 Å². The van der Waals surface area contributed by atoms with Crippen LogP contribution < -0.4 is 14.8 Å². The van der Waals surface area contributed by atoms with Gasteiger partial charge in [-0.1, -0.05) is 42.0 Å². The molecule has 2 aromatic rings. The monoisotopic (exact) mass is 313 g/mol. The Morgan fingerprint density at radius 2 is 1.61 bits per heavy atom. The van der Waals surface area contributed by atoms with Crippen LogP contribution >= 0.6 is 0 Å². The highest BCUT2D eigenvalue weighted by Gasteiger charge is 2.19. The van der Waals surface area contributed by atoms with Gasteiger partial charge in [-0.25, -0.2) is 0 Å². The zero-order valence-corrected chi connectivity index (χ0v) is 14.0. The minimum absolute atomic E-state index is 0.0770. The summed E-state index contributed by atoms with van der Waals surface area (Å²) in [5, 5.41) is 2.97. The third kappa shape index (κ3) is 4.49. The van der Waals surface area contributed by atoms with Gasteiger partial charge in [0.15, 0.2) is 17.6 Å². The smallest absolute Gasteiger partial charge is 0.261 e. The third-order valence-electron chi connectivity index (χ3n) is 3.68. The number of nitrogens with one attached hydrogen (secondary N) is 1. The molecule has 0 heterocycles. The van der Waals surface area contributed by atoms with E-state index in [0.29, 0.717) is 11.5 Å². The van der Waals surface area contributed by atoms with Crippen molar-refractivity contribution in [2.24, 2.45) is 0 Å². The van der Waals surface area contributed by atoms with Gasteiger partial charge >= 0.3 is 0 Å². The van der Waals surface area contributed by atoms with Gasteiger partial charge in [0, 0.05) is 0 Å². The Bertz CT molecular complexity index is 652. The second-order valence-corrected chi connectivity index (χ2v) is 5.55. The number of ether oxygens (including phenoxy) is 2. The van der Waals surface area contributed by atoms with Crippen LogP contribution in [0.2, 0.25) is 0 Å². The zero-order chi connectivity index (χ0) is 16.8. The van der Waals surface area contributed by atoms with Crippen molar-refractivity contribution in [1.29, 1.82) is 0 Å². The van der Waals surface area contributed by atoms with Gasteiger partial charge in [0.25, 0.3) is 5.91 Å². The van der Waals surface area contributed by atoms with Gasteiger partial charge in [0.05, 0.1) is 13.2 Å². The van der Waals surface area contributed by atoms with E-state index in [9.17, 15) is 4.79 Å². The average molecular weight is 313 g/mol. The van der Waals surface area contributed by atoms with E-state index in [2.05, 4.69) is 5.32 Å². The zero-order valence-electron chi connectivity index (χ0n) is 14.0. The highest BCUT2D eigenvalue weighted by Crippen LogP contribution is 2.27. The molecule has 4 nitrogen and oxygen atoms in total. The van der Waals surface area contributed by atoms with Gasteiger partial charge in [0.2, 0.25) is 0 Å². The Morgan fingerprint density at radius 3 is 2.22 bits per heavy atom. The van der Waals surface area contributed by atoms with Crippen LogP contribution in [0, 0.1) is 6.92 Å². The van der Waals surface area contributed by atoms with Crippen molar-refractivity contribution in [3.8, 4) is 11.5 Å². The normalized spacial score (nSPS) is 13.0. The molecule has 0 spiro atoms. The summed E-state index contributed by atoms with van der Waals surface area (Å²) in [6, 6.07) is 15.3. The minimum Gasteiger partial charge on any atom is -0.493 e. The summed E-state index contributed by atoms with van der Waals surface area (Å²) in [7, 11) is 1.58. The molecule has 0 saturated heterocycles. The summed E-state index contributed by atoms with van der Waals surface area (Å²) in [4.78, 5) is 12.3. The van der Waals surface area contributed by atoms with Crippen LogP contribution in [0.15, 0.2) is 48.5 Å². The summed E-state index contributed by atoms with van der Waals surface area (Å²) in [5.74, 6) is 1.00. The molecule has 4 heteroatoms. The SMILES string of the molecule is COc1ccccc1O[C@@H](C)C(=O)N[C@H](C)c1ccc(C)cc1. The first-order chi connectivity index (χ1) is 11.0. The van der Waals surface area contributed by atoms with E-state index in [1.807, 2.05) is 50.2 Å². The van der Waals surface area contributed by atoms with Crippen molar-refractivity contribution in [2.45, 2.75) is 32.9 Å². The van der Waals surface area contributed by atoms with Crippen molar-refractivity contribution < 1.29 is 14.3 Å². The Balaban J connectivity index is 1.98. The van der Waals surface area contributed by atoms with Crippen LogP contribution in [0.25, 0.3) is 0 Å². The van der Waals surface area contributed by atoms with E-state index in [0.717, 1.165) is 5.56 Å². The van der Waals surface area contributed by atoms with Crippen LogP contribution in [0.1, 0.15) is 31.0 Å². The molecule has 23 heavy (non-hydrogen) atoms. The fourth-order valence-electron chi connectivity index (χ4n) is 2.23.